The van der Waals surface area contributed by atoms with E-state index in [4.69, 9.17) is 0 Å². The van der Waals surface area contributed by atoms with Gasteiger partial charge in [-0.2, -0.15) is 13.2 Å². The van der Waals surface area contributed by atoms with Crippen LogP contribution in [0, 0.1) is 6.92 Å². The number of amides is 1. The number of pyridine rings is 1. The number of fused-ring (bicyclic) bond motifs is 1. The molecule has 24 heavy (non-hydrogen) atoms. The number of aryl methyl sites for hydroxylation is 1. The molecule has 0 N–H and O–H groups in total. The van der Waals surface area contributed by atoms with Crippen LogP contribution in [0.4, 0.5) is 13.2 Å². The second-order valence-corrected chi connectivity index (χ2v) is 6.47. The summed E-state index contributed by atoms with van der Waals surface area (Å²) in [6.45, 7) is 3.99. The molecule has 0 aromatic carbocycles. The first-order chi connectivity index (χ1) is 11.3. The van der Waals surface area contributed by atoms with E-state index < -0.39 is 11.9 Å². The van der Waals surface area contributed by atoms with Crippen LogP contribution in [0.3, 0.4) is 0 Å². The van der Waals surface area contributed by atoms with Crippen molar-refractivity contribution in [1.82, 2.24) is 14.5 Å². The van der Waals surface area contributed by atoms with E-state index >= 15 is 0 Å². The van der Waals surface area contributed by atoms with Crippen molar-refractivity contribution in [2.75, 3.05) is 6.54 Å². The molecule has 1 atom stereocenters. The van der Waals surface area contributed by atoms with Gasteiger partial charge in [0, 0.05) is 24.2 Å². The summed E-state index contributed by atoms with van der Waals surface area (Å²) in [6, 6.07) is 2.79. The number of hydrogen-bond acceptors (Lipinski definition) is 2. The number of aromatic nitrogens is 2. The topological polar surface area (TPSA) is 38.1 Å². The van der Waals surface area contributed by atoms with Crippen LogP contribution in [-0.4, -0.2) is 32.9 Å². The standard InChI is InChI=1S/C17H20F3N3O/c1-11-7-13-8-14(17(18,19)20)23(16(13)21-9-11)10-15(24)22-6-4-3-5-12(22)2/h7-9,12H,3-6,10H2,1-2H3/t12-/m1/s1. The smallest absolute Gasteiger partial charge is 0.338 e. The number of rotatable bonds is 2. The summed E-state index contributed by atoms with van der Waals surface area (Å²) in [5, 5.41) is 0.404. The number of likely N-dealkylation sites (tertiary alicyclic amines) is 1. The fourth-order valence-electron chi connectivity index (χ4n) is 3.35. The summed E-state index contributed by atoms with van der Waals surface area (Å²) in [5.41, 5.74) is 0.156. The third-order valence-electron chi connectivity index (χ3n) is 4.58. The lowest BCUT2D eigenvalue weighted by molar-refractivity contribution is -0.145. The van der Waals surface area contributed by atoms with Gasteiger partial charge in [0.15, 0.2) is 0 Å². The minimum atomic E-state index is -4.53. The molecule has 1 amide bonds. The molecule has 0 bridgehead atoms. The lowest BCUT2D eigenvalue weighted by Gasteiger charge is -2.33. The van der Waals surface area contributed by atoms with Gasteiger partial charge < -0.3 is 9.47 Å². The predicted molar refractivity (Wildman–Crippen MR) is 84.5 cm³/mol. The summed E-state index contributed by atoms with van der Waals surface area (Å²) in [7, 11) is 0. The fourth-order valence-corrected chi connectivity index (χ4v) is 3.35. The Labute approximate surface area is 138 Å². The van der Waals surface area contributed by atoms with Crippen molar-refractivity contribution < 1.29 is 18.0 Å². The summed E-state index contributed by atoms with van der Waals surface area (Å²) in [5.74, 6) is -0.285. The van der Waals surface area contributed by atoms with Gasteiger partial charge in [0.2, 0.25) is 5.91 Å². The molecule has 2 aromatic rings. The molecule has 130 valence electrons. The van der Waals surface area contributed by atoms with Gasteiger partial charge in [-0.1, -0.05) is 0 Å². The van der Waals surface area contributed by atoms with Crippen molar-refractivity contribution in [2.24, 2.45) is 0 Å². The van der Waals surface area contributed by atoms with E-state index in [0.717, 1.165) is 35.5 Å². The van der Waals surface area contributed by atoms with Gasteiger partial charge in [0.1, 0.15) is 17.9 Å². The molecule has 0 aliphatic carbocycles. The van der Waals surface area contributed by atoms with Crippen molar-refractivity contribution >= 4 is 16.9 Å². The Hall–Kier alpha value is -2.05. The number of hydrogen-bond donors (Lipinski definition) is 0. The molecule has 0 spiro atoms. The molecule has 3 rings (SSSR count). The highest BCUT2D eigenvalue weighted by molar-refractivity contribution is 5.82. The second kappa shape index (κ2) is 6.11. The Morgan fingerprint density at radius 1 is 1.33 bits per heavy atom. The minimum absolute atomic E-state index is 0.0672. The van der Waals surface area contributed by atoms with Gasteiger partial charge in [-0.25, -0.2) is 4.98 Å². The zero-order valence-electron chi connectivity index (χ0n) is 13.7. The van der Waals surface area contributed by atoms with Crippen molar-refractivity contribution in [3.8, 4) is 0 Å². The molecule has 0 unspecified atom stereocenters. The molecular weight excluding hydrogens is 319 g/mol. The average Bonchev–Trinajstić information content (AvgIpc) is 2.85. The Kier molecular flexibility index (Phi) is 4.27. The molecule has 2 aromatic heterocycles. The van der Waals surface area contributed by atoms with E-state index in [1.165, 1.54) is 6.20 Å². The summed E-state index contributed by atoms with van der Waals surface area (Å²) < 4.78 is 41.1. The molecular formula is C17H20F3N3O. The normalized spacial score (nSPS) is 19.0. The van der Waals surface area contributed by atoms with E-state index in [0.29, 0.717) is 11.9 Å². The first-order valence-corrected chi connectivity index (χ1v) is 8.10. The van der Waals surface area contributed by atoms with Crippen LogP contribution in [0.25, 0.3) is 11.0 Å². The van der Waals surface area contributed by atoms with Crippen molar-refractivity contribution in [3.63, 3.8) is 0 Å². The van der Waals surface area contributed by atoms with Crippen molar-refractivity contribution in [2.45, 2.75) is 51.9 Å². The first kappa shape index (κ1) is 16.8. The van der Waals surface area contributed by atoms with E-state index in [1.54, 1.807) is 17.9 Å². The predicted octanol–water partition coefficient (Wildman–Crippen LogP) is 3.76. The zero-order chi connectivity index (χ0) is 17.5. The van der Waals surface area contributed by atoms with Crippen LogP contribution in [0.1, 0.15) is 37.4 Å². The molecule has 0 saturated carbocycles. The second-order valence-electron chi connectivity index (χ2n) is 6.47. The van der Waals surface area contributed by atoms with E-state index in [2.05, 4.69) is 4.98 Å². The van der Waals surface area contributed by atoms with Gasteiger partial charge in [-0.3, -0.25) is 4.79 Å². The third kappa shape index (κ3) is 3.12. The highest BCUT2D eigenvalue weighted by atomic mass is 19.4. The number of alkyl halides is 3. The van der Waals surface area contributed by atoms with Crippen LogP contribution in [0.2, 0.25) is 0 Å². The number of carbonyl (C=O) groups is 1. The van der Waals surface area contributed by atoms with Gasteiger partial charge in [0.05, 0.1) is 0 Å². The van der Waals surface area contributed by atoms with Gasteiger partial charge in [-0.05, 0) is 50.8 Å². The van der Waals surface area contributed by atoms with Gasteiger partial charge >= 0.3 is 6.18 Å². The molecule has 1 aliphatic rings. The monoisotopic (exact) mass is 339 g/mol. The van der Waals surface area contributed by atoms with Crippen LogP contribution in [0.15, 0.2) is 18.3 Å². The van der Waals surface area contributed by atoms with Crippen molar-refractivity contribution in [1.29, 1.82) is 0 Å². The minimum Gasteiger partial charge on any atom is -0.338 e. The molecule has 0 radical (unpaired) electrons. The Balaban J connectivity index is 1.99. The van der Waals surface area contributed by atoms with E-state index in [-0.39, 0.29) is 24.1 Å². The lowest BCUT2D eigenvalue weighted by atomic mass is 10.0. The number of halogens is 3. The molecule has 1 fully saturated rings. The van der Waals surface area contributed by atoms with Crippen LogP contribution in [0.5, 0.6) is 0 Å². The SMILES string of the molecule is Cc1cnc2c(c1)cc(C(F)(F)F)n2CC(=O)N1CCCC[C@H]1C. The Morgan fingerprint density at radius 3 is 2.75 bits per heavy atom. The third-order valence-corrected chi connectivity index (χ3v) is 4.58. The maximum atomic E-state index is 13.4. The highest BCUT2D eigenvalue weighted by Gasteiger charge is 2.37. The summed E-state index contributed by atoms with van der Waals surface area (Å²) in [4.78, 5) is 18.4. The lowest BCUT2D eigenvalue weighted by Crippen LogP contribution is -2.43. The van der Waals surface area contributed by atoms with Crippen LogP contribution in [-0.2, 0) is 17.5 Å². The molecule has 1 aliphatic heterocycles. The number of piperidine rings is 1. The van der Waals surface area contributed by atoms with Gasteiger partial charge in [-0.15, -0.1) is 0 Å². The maximum absolute atomic E-state index is 13.4. The highest BCUT2D eigenvalue weighted by Crippen LogP contribution is 2.34. The average molecular weight is 339 g/mol. The molecule has 7 heteroatoms. The quantitative estimate of drug-likeness (QED) is 0.835. The summed E-state index contributed by atoms with van der Waals surface area (Å²) in [6.07, 6.45) is -0.171. The molecule has 3 heterocycles. The largest absolute Gasteiger partial charge is 0.431 e. The van der Waals surface area contributed by atoms with E-state index in [9.17, 15) is 18.0 Å². The van der Waals surface area contributed by atoms with Crippen molar-refractivity contribution in [3.05, 3.63) is 29.6 Å². The molecule has 1 saturated heterocycles. The molecule has 4 nitrogen and oxygen atoms in total. The first-order valence-electron chi connectivity index (χ1n) is 8.10. The Bertz CT molecular complexity index is 766. The Morgan fingerprint density at radius 2 is 2.08 bits per heavy atom. The van der Waals surface area contributed by atoms with E-state index in [1.807, 2.05) is 6.92 Å². The number of carbonyl (C=O) groups excluding carboxylic acids is 1. The fraction of sp³-hybridized carbons (Fsp3) is 0.529. The van der Waals surface area contributed by atoms with Gasteiger partial charge in [0.25, 0.3) is 0 Å². The maximum Gasteiger partial charge on any atom is 0.431 e. The van der Waals surface area contributed by atoms with Crippen LogP contribution >= 0.6 is 0 Å². The number of nitrogens with zero attached hydrogens (tertiary/aromatic N) is 3. The van der Waals surface area contributed by atoms with Crippen LogP contribution < -0.4 is 0 Å². The zero-order valence-corrected chi connectivity index (χ0v) is 13.7. The summed E-state index contributed by atoms with van der Waals surface area (Å²) >= 11 is 0.